The normalized spacial score (nSPS) is 10.6. The van der Waals surface area contributed by atoms with Crippen molar-refractivity contribution in [2.45, 2.75) is 71.6 Å². The van der Waals surface area contributed by atoms with Gasteiger partial charge in [0.05, 0.1) is 19.6 Å². The molecule has 0 fully saturated rings. The Bertz CT molecular complexity index is 181. The molecule has 0 heterocycles. The Hall–Kier alpha value is -0.570. The Kier molecular flexibility index (Phi) is 14.0. The van der Waals surface area contributed by atoms with E-state index in [0.717, 1.165) is 25.9 Å². The average molecular weight is 258 g/mol. The first-order valence-electron chi connectivity index (χ1n) is 7.54. The molecule has 0 amide bonds. The minimum atomic E-state index is -0.133. The van der Waals surface area contributed by atoms with E-state index in [-0.39, 0.29) is 5.97 Å². The van der Waals surface area contributed by atoms with Crippen LogP contribution in [-0.4, -0.2) is 25.8 Å². The maximum atomic E-state index is 11.2. The topological polar surface area (TPSA) is 35.5 Å². The van der Waals surface area contributed by atoms with Crippen molar-refractivity contribution in [2.75, 3.05) is 19.8 Å². The Morgan fingerprint density at radius 3 is 2.17 bits per heavy atom. The molecule has 0 saturated heterocycles. The summed E-state index contributed by atoms with van der Waals surface area (Å²) in [5.74, 6) is -0.133. The molecule has 0 aliphatic carbocycles. The smallest absolute Gasteiger partial charge is 0.308 e. The van der Waals surface area contributed by atoms with Gasteiger partial charge in [0.15, 0.2) is 0 Å². The second-order valence-corrected chi connectivity index (χ2v) is 4.70. The molecule has 0 spiro atoms. The predicted octanol–water partition coefficient (Wildman–Crippen LogP) is 4.10. The third-order valence-corrected chi connectivity index (χ3v) is 2.85. The van der Waals surface area contributed by atoms with Crippen LogP contribution in [0.2, 0.25) is 0 Å². The fourth-order valence-corrected chi connectivity index (χ4v) is 1.64. The number of rotatable bonds is 13. The molecule has 0 aromatic carbocycles. The van der Waals surface area contributed by atoms with E-state index < -0.39 is 0 Å². The lowest BCUT2D eigenvalue weighted by atomic mass is 10.1. The standard InChI is InChI=1S/C15H30O3/c1-3-5-7-8-9-10-12-17-14-11-15(16)18-13-6-4-2/h3-14H2,1-2H3. The first-order chi connectivity index (χ1) is 8.81. The van der Waals surface area contributed by atoms with Crippen molar-refractivity contribution >= 4 is 5.97 Å². The van der Waals surface area contributed by atoms with Crippen molar-refractivity contribution in [1.82, 2.24) is 0 Å². The molecule has 0 aromatic rings. The maximum Gasteiger partial charge on any atom is 0.308 e. The Morgan fingerprint density at radius 1 is 0.778 bits per heavy atom. The number of carbonyl (C=O) groups excluding carboxylic acids is 1. The highest BCUT2D eigenvalue weighted by molar-refractivity contribution is 5.69. The quantitative estimate of drug-likeness (QED) is 0.368. The van der Waals surface area contributed by atoms with Gasteiger partial charge < -0.3 is 9.47 Å². The van der Waals surface area contributed by atoms with Crippen LogP contribution in [-0.2, 0) is 14.3 Å². The molecule has 0 radical (unpaired) electrons. The zero-order valence-corrected chi connectivity index (χ0v) is 12.2. The molecule has 0 N–H and O–H groups in total. The number of ether oxygens (including phenoxy) is 2. The van der Waals surface area contributed by atoms with Crippen LogP contribution in [0.25, 0.3) is 0 Å². The number of hydrogen-bond donors (Lipinski definition) is 0. The van der Waals surface area contributed by atoms with Crippen molar-refractivity contribution < 1.29 is 14.3 Å². The molecular weight excluding hydrogens is 228 g/mol. The largest absolute Gasteiger partial charge is 0.466 e. The van der Waals surface area contributed by atoms with Crippen LogP contribution >= 0.6 is 0 Å². The van der Waals surface area contributed by atoms with Gasteiger partial charge in [0.25, 0.3) is 0 Å². The van der Waals surface area contributed by atoms with Gasteiger partial charge in [-0.1, -0.05) is 52.4 Å². The minimum Gasteiger partial charge on any atom is -0.466 e. The molecule has 0 atom stereocenters. The van der Waals surface area contributed by atoms with E-state index in [2.05, 4.69) is 13.8 Å². The van der Waals surface area contributed by atoms with Gasteiger partial charge in [-0.3, -0.25) is 4.79 Å². The number of hydrogen-bond acceptors (Lipinski definition) is 3. The molecule has 0 aliphatic rings. The molecule has 0 aliphatic heterocycles. The number of unbranched alkanes of at least 4 members (excludes halogenated alkanes) is 6. The van der Waals surface area contributed by atoms with Crippen LogP contribution in [0.4, 0.5) is 0 Å². The second kappa shape index (κ2) is 14.5. The Labute approximate surface area is 112 Å². The lowest BCUT2D eigenvalue weighted by Gasteiger charge is -2.05. The van der Waals surface area contributed by atoms with Crippen LogP contribution in [0.1, 0.15) is 71.6 Å². The van der Waals surface area contributed by atoms with Crippen molar-refractivity contribution in [2.24, 2.45) is 0 Å². The Morgan fingerprint density at radius 2 is 1.44 bits per heavy atom. The summed E-state index contributed by atoms with van der Waals surface area (Å²) in [6, 6.07) is 0. The van der Waals surface area contributed by atoms with E-state index in [9.17, 15) is 4.79 Å². The maximum absolute atomic E-state index is 11.2. The summed E-state index contributed by atoms with van der Waals surface area (Å²) in [5, 5.41) is 0. The summed E-state index contributed by atoms with van der Waals surface area (Å²) in [7, 11) is 0. The molecule has 0 bridgehead atoms. The van der Waals surface area contributed by atoms with Gasteiger partial charge >= 0.3 is 5.97 Å². The molecule has 0 saturated carbocycles. The van der Waals surface area contributed by atoms with Crippen LogP contribution in [0, 0.1) is 0 Å². The van der Waals surface area contributed by atoms with Crippen LogP contribution in [0.3, 0.4) is 0 Å². The molecule has 3 heteroatoms. The van der Waals surface area contributed by atoms with Crippen LogP contribution in [0.15, 0.2) is 0 Å². The van der Waals surface area contributed by atoms with Crippen LogP contribution in [0.5, 0.6) is 0 Å². The molecule has 0 unspecified atom stereocenters. The summed E-state index contributed by atoms with van der Waals surface area (Å²) in [6.45, 7) is 6.13. The predicted molar refractivity (Wildman–Crippen MR) is 74.7 cm³/mol. The zero-order valence-electron chi connectivity index (χ0n) is 12.2. The molecule has 18 heavy (non-hydrogen) atoms. The lowest BCUT2D eigenvalue weighted by Crippen LogP contribution is -2.09. The van der Waals surface area contributed by atoms with Gasteiger partial charge in [0.2, 0.25) is 0 Å². The highest BCUT2D eigenvalue weighted by Gasteiger charge is 2.01. The Balaban J connectivity index is 3.08. The van der Waals surface area contributed by atoms with E-state index in [1.165, 1.54) is 32.1 Å². The third kappa shape index (κ3) is 13.5. The lowest BCUT2D eigenvalue weighted by molar-refractivity contribution is -0.144. The van der Waals surface area contributed by atoms with Crippen LogP contribution < -0.4 is 0 Å². The van der Waals surface area contributed by atoms with E-state index in [1.54, 1.807) is 0 Å². The van der Waals surface area contributed by atoms with E-state index in [0.29, 0.717) is 19.6 Å². The first kappa shape index (κ1) is 17.4. The SMILES string of the molecule is CCCCCCCCOCCC(=O)OCCCC. The van der Waals surface area contributed by atoms with Gasteiger partial charge in [-0.15, -0.1) is 0 Å². The zero-order chi connectivity index (χ0) is 13.5. The summed E-state index contributed by atoms with van der Waals surface area (Å²) >= 11 is 0. The molecule has 108 valence electrons. The van der Waals surface area contributed by atoms with E-state index in [4.69, 9.17) is 9.47 Å². The highest BCUT2D eigenvalue weighted by Crippen LogP contribution is 2.05. The fraction of sp³-hybridized carbons (Fsp3) is 0.933. The van der Waals surface area contributed by atoms with Gasteiger partial charge in [0.1, 0.15) is 0 Å². The van der Waals surface area contributed by atoms with Gasteiger partial charge in [-0.2, -0.15) is 0 Å². The first-order valence-corrected chi connectivity index (χ1v) is 7.54. The van der Waals surface area contributed by atoms with Gasteiger partial charge in [-0.05, 0) is 12.8 Å². The van der Waals surface area contributed by atoms with E-state index in [1.807, 2.05) is 0 Å². The molecule has 0 aromatic heterocycles. The number of carbonyl (C=O) groups is 1. The van der Waals surface area contributed by atoms with Crippen molar-refractivity contribution in [3.63, 3.8) is 0 Å². The number of esters is 1. The second-order valence-electron chi connectivity index (χ2n) is 4.70. The van der Waals surface area contributed by atoms with Crippen molar-refractivity contribution in [3.8, 4) is 0 Å². The molecular formula is C15H30O3. The fourth-order valence-electron chi connectivity index (χ4n) is 1.64. The van der Waals surface area contributed by atoms with E-state index >= 15 is 0 Å². The third-order valence-electron chi connectivity index (χ3n) is 2.85. The summed E-state index contributed by atoms with van der Waals surface area (Å²) in [6.07, 6.45) is 10.00. The summed E-state index contributed by atoms with van der Waals surface area (Å²) in [5.41, 5.74) is 0. The average Bonchev–Trinajstić information content (AvgIpc) is 2.37. The summed E-state index contributed by atoms with van der Waals surface area (Å²) in [4.78, 5) is 11.2. The van der Waals surface area contributed by atoms with Gasteiger partial charge in [-0.25, -0.2) is 0 Å². The van der Waals surface area contributed by atoms with Crippen molar-refractivity contribution in [3.05, 3.63) is 0 Å². The molecule has 0 rings (SSSR count). The van der Waals surface area contributed by atoms with Gasteiger partial charge in [0, 0.05) is 6.61 Å². The minimum absolute atomic E-state index is 0.133. The van der Waals surface area contributed by atoms with Crippen molar-refractivity contribution in [1.29, 1.82) is 0 Å². The monoisotopic (exact) mass is 258 g/mol. The highest BCUT2D eigenvalue weighted by atomic mass is 16.5. The molecule has 3 nitrogen and oxygen atoms in total. The summed E-state index contributed by atoms with van der Waals surface area (Å²) < 4.78 is 10.5.